The second-order valence-corrected chi connectivity index (χ2v) is 12.8. The molecule has 4 nitrogen and oxygen atoms in total. The van der Waals surface area contributed by atoms with Crippen LogP contribution in [0.5, 0.6) is 0 Å². The molecule has 0 aliphatic rings. The van der Waals surface area contributed by atoms with Crippen molar-refractivity contribution in [1.82, 2.24) is 9.55 Å². The van der Waals surface area contributed by atoms with E-state index in [2.05, 4.69) is 172 Å². The zero-order chi connectivity index (χ0) is 33.7. The molecule has 0 atom stereocenters. The van der Waals surface area contributed by atoms with E-state index in [0.717, 1.165) is 67.1 Å². The fourth-order valence-corrected chi connectivity index (χ4v) is 7.50. The minimum atomic E-state index is 0.808. The molecule has 0 saturated carbocycles. The van der Waals surface area contributed by atoms with Crippen molar-refractivity contribution in [2.45, 2.75) is 0 Å². The van der Waals surface area contributed by atoms with Crippen LogP contribution in [0.25, 0.3) is 71.8 Å². The molecule has 3 heterocycles. The number of anilines is 3. The van der Waals surface area contributed by atoms with Crippen molar-refractivity contribution < 1.29 is 4.42 Å². The number of nitrogens with zero attached hydrogens (tertiary/aromatic N) is 3. The quantitative estimate of drug-likeness (QED) is 0.179. The van der Waals surface area contributed by atoms with Crippen LogP contribution in [0.15, 0.2) is 193 Å². The molecule has 240 valence electrons. The predicted molar refractivity (Wildman–Crippen MR) is 211 cm³/mol. The molecule has 3 aromatic heterocycles. The average molecular weight is 654 g/mol. The topological polar surface area (TPSA) is 34.2 Å². The minimum absolute atomic E-state index is 0.808. The standard InChI is InChI=1S/C47H31N3O/c1-2-14-35(15-3-1)49(36-26-24-32(25-27-36)39-28-29-48-46-42-20-6-9-23-45(42)51-47(39)46)37-16-10-12-33(30-37)34-13-11-17-38(31-34)50-43-21-7-4-18-40(43)41-19-5-8-22-44(41)50/h1-31H. The van der Waals surface area contributed by atoms with Gasteiger partial charge in [0.2, 0.25) is 0 Å². The molecule has 51 heavy (non-hydrogen) atoms. The first-order valence-electron chi connectivity index (χ1n) is 17.2. The Morgan fingerprint density at radius 1 is 0.451 bits per heavy atom. The fraction of sp³-hybridized carbons (Fsp3) is 0. The van der Waals surface area contributed by atoms with E-state index in [9.17, 15) is 0 Å². The molecular weight excluding hydrogens is 623 g/mol. The zero-order valence-electron chi connectivity index (χ0n) is 27.6. The van der Waals surface area contributed by atoms with Gasteiger partial charge in [-0.3, -0.25) is 4.98 Å². The van der Waals surface area contributed by atoms with Crippen LogP contribution in [0.4, 0.5) is 17.1 Å². The third kappa shape index (κ3) is 4.88. The molecule has 0 radical (unpaired) electrons. The number of hydrogen-bond donors (Lipinski definition) is 0. The lowest BCUT2D eigenvalue weighted by Crippen LogP contribution is -2.09. The molecule has 4 heteroatoms. The van der Waals surface area contributed by atoms with Gasteiger partial charge in [-0.1, -0.05) is 103 Å². The molecule has 0 saturated heterocycles. The molecule has 0 fully saturated rings. The monoisotopic (exact) mass is 653 g/mol. The second-order valence-electron chi connectivity index (χ2n) is 12.8. The van der Waals surface area contributed by atoms with Crippen LogP contribution in [0.1, 0.15) is 0 Å². The number of fused-ring (bicyclic) bond motifs is 6. The SMILES string of the molecule is c1ccc(N(c2ccc(-c3ccnc4c3oc3ccccc34)cc2)c2cccc(-c3cccc(-n4c5ccccc5c5ccccc54)c3)c2)cc1. The summed E-state index contributed by atoms with van der Waals surface area (Å²) < 4.78 is 8.68. The Morgan fingerprint density at radius 3 is 1.82 bits per heavy atom. The largest absolute Gasteiger partial charge is 0.454 e. The molecule has 0 aliphatic carbocycles. The van der Waals surface area contributed by atoms with Gasteiger partial charge in [0.05, 0.1) is 11.0 Å². The summed E-state index contributed by atoms with van der Waals surface area (Å²) >= 11 is 0. The number of para-hydroxylation sites is 4. The van der Waals surface area contributed by atoms with Gasteiger partial charge >= 0.3 is 0 Å². The highest BCUT2D eigenvalue weighted by Crippen LogP contribution is 2.40. The number of furan rings is 1. The van der Waals surface area contributed by atoms with Gasteiger partial charge in [0, 0.05) is 50.7 Å². The highest BCUT2D eigenvalue weighted by Gasteiger charge is 2.17. The van der Waals surface area contributed by atoms with Crippen LogP contribution in [0, 0.1) is 0 Å². The van der Waals surface area contributed by atoms with Crippen LogP contribution in [0.2, 0.25) is 0 Å². The summed E-state index contributed by atoms with van der Waals surface area (Å²) in [5.41, 5.74) is 13.7. The highest BCUT2D eigenvalue weighted by molar-refractivity contribution is 6.09. The van der Waals surface area contributed by atoms with Crippen LogP contribution in [-0.4, -0.2) is 9.55 Å². The van der Waals surface area contributed by atoms with Crippen LogP contribution in [-0.2, 0) is 0 Å². The molecule has 0 bridgehead atoms. The summed E-state index contributed by atoms with van der Waals surface area (Å²) in [5.74, 6) is 0. The minimum Gasteiger partial charge on any atom is -0.454 e. The highest BCUT2D eigenvalue weighted by atomic mass is 16.3. The van der Waals surface area contributed by atoms with E-state index < -0.39 is 0 Å². The number of benzene rings is 7. The molecule has 10 aromatic rings. The zero-order valence-corrected chi connectivity index (χ0v) is 27.6. The first kappa shape index (κ1) is 29.0. The van der Waals surface area contributed by atoms with Crippen molar-refractivity contribution in [3.63, 3.8) is 0 Å². The van der Waals surface area contributed by atoms with Gasteiger partial charge in [0.1, 0.15) is 11.1 Å². The third-order valence-electron chi connectivity index (χ3n) is 9.83. The average Bonchev–Trinajstić information content (AvgIpc) is 3.75. The molecule has 10 rings (SSSR count). The van der Waals surface area contributed by atoms with Gasteiger partial charge in [0.25, 0.3) is 0 Å². The molecule has 0 N–H and O–H groups in total. The van der Waals surface area contributed by atoms with E-state index in [0.29, 0.717) is 0 Å². The number of hydrogen-bond acceptors (Lipinski definition) is 3. The van der Waals surface area contributed by atoms with Crippen molar-refractivity contribution in [2.24, 2.45) is 0 Å². The maximum Gasteiger partial charge on any atom is 0.161 e. The Balaban J connectivity index is 1.05. The van der Waals surface area contributed by atoms with Gasteiger partial charge in [-0.25, -0.2) is 0 Å². The summed E-state index contributed by atoms with van der Waals surface area (Å²) in [6.07, 6.45) is 1.87. The van der Waals surface area contributed by atoms with E-state index in [-0.39, 0.29) is 0 Å². The lowest BCUT2D eigenvalue weighted by Gasteiger charge is -2.26. The van der Waals surface area contributed by atoms with Gasteiger partial charge in [0.15, 0.2) is 5.58 Å². The molecular formula is C47H31N3O. The van der Waals surface area contributed by atoms with Crippen molar-refractivity contribution in [3.05, 3.63) is 188 Å². The van der Waals surface area contributed by atoms with E-state index in [1.54, 1.807) is 0 Å². The van der Waals surface area contributed by atoms with Crippen molar-refractivity contribution >= 4 is 60.9 Å². The molecule has 0 spiro atoms. The second kappa shape index (κ2) is 11.9. The summed E-state index contributed by atoms with van der Waals surface area (Å²) in [6.45, 7) is 0. The van der Waals surface area contributed by atoms with Crippen molar-refractivity contribution in [3.8, 4) is 27.9 Å². The number of aromatic nitrogens is 2. The Morgan fingerprint density at radius 2 is 1.06 bits per heavy atom. The maximum atomic E-state index is 6.31. The Bertz CT molecular complexity index is 2810. The smallest absolute Gasteiger partial charge is 0.161 e. The fourth-order valence-electron chi connectivity index (χ4n) is 7.50. The van der Waals surface area contributed by atoms with Gasteiger partial charge in [-0.15, -0.1) is 0 Å². The Labute approximate surface area is 295 Å². The number of pyridine rings is 1. The van der Waals surface area contributed by atoms with E-state index in [1.807, 2.05) is 30.5 Å². The van der Waals surface area contributed by atoms with Crippen LogP contribution < -0.4 is 4.90 Å². The third-order valence-corrected chi connectivity index (χ3v) is 9.83. The lowest BCUT2D eigenvalue weighted by molar-refractivity contribution is 0.669. The molecule has 0 unspecified atom stereocenters. The maximum absolute atomic E-state index is 6.31. The Kier molecular flexibility index (Phi) is 6.78. The Hall–Kier alpha value is -6.91. The van der Waals surface area contributed by atoms with E-state index in [1.165, 1.54) is 21.8 Å². The first-order chi connectivity index (χ1) is 25.3. The van der Waals surface area contributed by atoms with E-state index in [4.69, 9.17) is 4.42 Å². The summed E-state index contributed by atoms with van der Waals surface area (Å²) in [6, 6.07) is 64.4. The molecule has 0 aliphatic heterocycles. The van der Waals surface area contributed by atoms with Gasteiger partial charge < -0.3 is 13.9 Å². The van der Waals surface area contributed by atoms with Crippen molar-refractivity contribution in [2.75, 3.05) is 4.90 Å². The normalized spacial score (nSPS) is 11.5. The van der Waals surface area contributed by atoms with E-state index >= 15 is 0 Å². The molecule has 0 amide bonds. The summed E-state index contributed by atoms with van der Waals surface area (Å²) in [7, 11) is 0. The lowest BCUT2D eigenvalue weighted by atomic mass is 10.0. The number of rotatable bonds is 6. The summed E-state index contributed by atoms with van der Waals surface area (Å²) in [4.78, 5) is 6.97. The van der Waals surface area contributed by atoms with Crippen molar-refractivity contribution in [1.29, 1.82) is 0 Å². The van der Waals surface area contributed by atoms with Crippen LogP contribution >= 0.6 is 0 Å². The van der Waals surface area contributed by atoms with Gasteiger partial charge in [-0.2, -0.15) is 0 Å². The first-order valence-corrected chi connectivity index (χ1v) is 17.2. The molecule has 7 aromatic carbocycles. The summed E-state index contributed by atoms with van der Waals surface area (Å²) in [5, 5.41) is 3.55. The van der Waals surface area contributed by atoms with Crippen LogP contribution in [0.3, 0.4) is 0 Å². The predicted octanol–water partition coefficient (Wildman–Crippen LogP) is 12.9. The van der Waals surface area contributed by atoms with Gasteiger partial charge in [-0.05, 0) is 95.6 Å².